The van der Waals surface area contributed by atoms with Crippen molar-refractivity contribution in [3.63, 3.8) is 0 Å². The highest BCUT2D eigenvalue weighted by Crippen LogP contribution is 2.38. The van der Waals surface area contributed by atoms with E-state index in [2.05, 4.69) is 20.6 Å². The molecule has 0 saturated carbocycles. The lowest BCUT2D eigenvalue weighted by molar-refractivity contribution is -0.0736. The number of ether oxygens (including phenoxy) is 4. The number of rotatable bonds is 6. The van der Waals surface area contributed by atoms with Gasteiger partial charge in [0.05, 0.1) is 12.0 Å². The van der Waals surface area contributed by atoms with Gasteiger partial charge in [0.25, 0.3) is 0 Å². The molecule has 3 aromatic rings. The average molecular weight is 517 g/mol. The van der Waals surface area contributed by atoms with E-state index in [9.17, 15) is 9.59 Å². The van der Waals surface area contributed by atoms with Crippen molar-refractivity contribution in [2.75, 3.05) is 18.9 Å². The van der Waals surface area contributed by atoms with Crippen molar-refractivity contribution >= 4 is 40.8 Å². The minimum absolute atomic E-state index is 0.0469. The normalized spacial score (nSPS) is 18.5. The third-order valence-electron chi connectivity index (χ3n) is 5.19. The quantitative estimate of drug-likeness (QED) is 0.274. The number of anilines is 1. The summed E-state index contributed by atoms with van der Waals surface area (Å²) in [5.74, 6) is 2.90. The van der Waals surface area contributed by atoms with Crippen LogP contribution in [0.25, 0.3) is 11.0 Å². The second-order valence-electron chi connectivity index (χ2n) is 7.60. The second kappa shape index (κ2) is 12.1. The maximum absolute atomic E-state index is 12.0. The van der Waals surface area contributed by atoms with E-state index in [0.717, 1.165) is 5.56 Å². The van der Waals surface area contributed by atoms with Crippen molar-refractivity contribution in [2.24, 2.45) is 0 Å². The molecule has 0 radical (unpaired) electrons. The first-order chi connectivity index (χ1) is 17.3. The number of carboxylic acid groups (broad SMARTS) is 1. The summed E-state index contributed by atoms with van der Waals surface area (Å²) in [5, 5.41) is 8.41. The summed E-state index contributed by atoms with van der Waals surface area (Å²) in [7, 11) is 0. The number of aromatic nitrogens is 3. The van der Waals surface area contributed by atoms with Gasteiger partial charge >= 0.3 is 12.3 Å². The number of terminal acetylenes is 1. The number of carbonyl (C=O) groups excluding carboxylic acids is 1. The van der Waals surface area contributed by atoms with Crippen LogP contribution in [-0.2, 0) is 25.6 Å². The number of nitrogens with two attached hydrogens (primary N) is 1. The van der Waals surface area contributed by atoms with Gasteiger partial charge in [0, 0.05) is 6.20 Å². The fraction of sp³-hybridized carbons (Fsp3) is 0.333. The molecule has 0 aliphatic carbocycles. The lowest BCUT2D eigenvalue weighted by Crippen LogP contribution is -2.34. The minimum atomic E-state index is -1.21. The van der Waals surface area contributed by atoms with Gasteiger partial charge in [-0.05, 0) is 43.0 Å². The summed E-state index contributed by atoms with van der Waals surface area (Å²) >= 11 is 5.94. The molecule has 1 aliphatic rings. The summed E-state index contributed by atoms with van der Waals surface area (Å²) in [6, 6.07) is 11.1. The van der Waals surface area contributed by atoms with Crippen LogP contribution < -0.4 is 5.73 Å². The molecule has 0 bridgehead atoms. The van der Waals surface area contributed by atoms with Gasteiger partial charge in [-0.15, -0.1) is 6.42 Å². The predicted molar refractivity (Wildman–Crippen MR) is 130 cm³/mol. The van der Waals surface area contributed by atoms with E-state index in [1.807, 2.05) is 30.3 Å². The van der Waals surface area contributed by atoms with Crippen LogP contribution in [0, 0.1) is 12.3 Å². The molecule has 1 saturated heterocycles. The first-order valence-electron chi connectivity index (χ1n) is 10.9. The lowest BCUT2D eigenvalue weighted by Gasteiger charge is -2.23. The van der Waals surface area contributed by atoms with E-state index in [0.29, 0.717) is 23.9 Å². The molecule has 12 heteroatoms. The zero-order valence-electron chi connectivity index (χ0n) is 19.4. The molecule has 4 rings (SSSR count). The van der Waals surface area contributed by atoms with Crippen molar-refractivity contribution in [1.82, 2.24) is 14.5 Å². The van der Waals surface area contributed by atoms with Crippen LogP contribution >= 0.6 is 11.6 Å². The van der Waals surface area contributed by atoms with Crippen LogP contribution in [0.4, 0.5) is 15.4 Å². The number of nitrogens with zero attached hydrogens (tertiary/aromatic N) is 3. The fourth-order valence-corrected chi connectivity index (χ4v) is 3.67. The predicted octanol–water partition coefficient (Wildman–Crippen LogP) is 4.40. The van der Waals surface area contributed by atoms with Crippen LogP contribution in [0.3, 0.4) is 0 Å². The Morgan fingerprint density at radius 2 is 2.03 bits per heavy atom. The van der Waals surface area contributed by atoms with Gasteiger partial charge in [-0.25, -0.2) is 14.6 Å². The van der Waals surface area contributed by atoms with Gasteiger partial charge in [-0.1, -0.05) is 36.3 Å². The SMILES string of the molecule is C#C[C@@]1(COC(=O)OCc2ccccc2)CCC(n2ccc3c(N)nc(Cl)nc32)O1.CCOC(=O)O. The van der Waals surface area contributed by atoms with E-state index in [-0.39, 0.29) is 30.9 Å². The Morgan fingerprint density at radius 1 is 1.28 bits per heavy atom. The molecule has 1 aliphatic heterocycles. The van der Waals surface area contributed by atoms with Gasteiger partial charge in [0.15, 0.2) is 5.60 Å². The molecule has 36 heavy (non-hydrogen) atoms. The fourth-order valence-electron chi connectivity index (χ4n) is 3.50. The maximum atomic E-state index is 12.0. The zero-order chi connectivity index (χ0) is 26.1. The molecule has 0 amide bonds. The van der Waals surface area contributed by atoms with Crippen molar-refractivity contribution in [3.8, 4) is 12.3 Å². The molecule has 1 unspecified atom stereocenters. The van der Waals surface area contributed by atoms with Gasteiger partial charge in [-0.3, -0.25) is 0 Å². The molecular weight excluding hydrogens is 492 g/mol. The Kier molecular flexibility index (Phi) is 8.94. The first kappa shape index (κ1) is 26.6. The number of fused-ring (bicyclic) bond motifs is 1. The maximum Gasteiger partial charge on any atom is 0.508 e. The lowest BCUT2D eigenvalue weighted by atomic mass is 10.0. The smallest absolute Gasteiger partial charge is 0.450 e. The van der Waals surface area contributed by atoms with Gasteiger partial charge in [0.2, 0.25) is 5.28 Å². The van der Waals surface area contributed by atoms with Crippen LogP contribution in [-0.4, -0.2) is 50.8 Å². The highest BCUT2D eigenvalue weighted by atomic mass is 35.5. The number of nitrogen functional groups attached to an aromatic ring is 1. The summed E-state index contributed by atoms with van der Waals surface area (Å²) in [6.45, 7) is 1.84. The number of carbonyl (C=O) groups is 2. The Bertz CT molecular complexity index is 1240. The van der Waals surface area contributed by atoms with Gasteiger partial charge < -0.3 is 34.4 Å². The molecule has 1 fully saturated rings. The van der Waals surface area contributed by atoms with Gasteiger partial charge in [-0.2, -0.15) is 4.98 Å². The number of hydrogen-bond acceptors (Lipinski definition) is 9. The van der Waals surface area contributed by atoms with E-state index in [1.165, 1.54) is 0 Å². The molecule has 11 nitrogen and oxygen atoms in total. The summed E-state index contributed by atoms with van der Waals surface area (Å²) in [4.78, 5) is 29.5. The van der Waals surface area contributed by atoms with Crippen LogP contribution in [0.5, 0.6) is 0 Å². The number of hydrogen-bond donors (Lipinski definition) is 2. The largest absolute Gasteiger partial charge is 0.508 e. The van der Waals surface area contributed by atoms with E-state index >= 15 is 0 Å². The number of halogens is 1. The summed E-state index contributed by atoms with van der Waals surface area (Å²) in [5.41, 5.74) is 6.25. The Balaban J connectivity index is 0.000000538. The summed E-state index contributed by atoms with van der Waals surface area (Å²) in [6.07, 6.45) is 6.17. The second-order valence-corrected chi connectivity index (χ2v) is 7.94. The monoisotopic (exact) mass is 516 g/mol. The first-order valence-corrected chi connectivity index (χ1v) is 11.3. The van der Waals surface area contributed by atoms with Gasteiger partial charge in [0.1, 0.15) is 30.9 Å². The molecule has 3 N–H and O–H groups in total. The Morgan fingerprint density at radius 3 is 2.67 bits per heavy atom. The zero-order valence-corrected chi connectivity index (χ0v) is 20.2. The molecule has 1 aromatic carbocycles. The highest BCUT2D eigenvalue weighted by molar-refractivity contribution is 6.28. The minimum Gasteiger partial charge on any atom is -0.450 e. The van der Waals surface area contributed by atoms with Crippen LogP contribution in [0.2, 0.25) is 5.28 Å². The molecule has 2 atom stereocenters. The average Bonchev–Trinajstić information content (AvgIpc) is 3.47. The van der Waals surface area contributed by atoms with Crippen molar-refractivity contribution in [1.29, 1.82) is 0 Å². The molecular formula is C24H25ClN4O7. The molecule has 190 valence electrons. The highest BCUT2D eigenvalue weighted by Gasteiger charge is 2.41. The van der Waals surface area contributed by atoms with Crippen molar-refractivity contribution in [2.45, 2.75) is 38.2 Å². The van der Waals surface area contributed by atoms with E-state index in [4.69, 9.17) is 43.1 Å². The van der Waals surface area contributed by atoms with Crippen LogP contribution in [0.1, 0.15) is 31.6 Å². The Hall–Kier alpha value is -4.01. The topological polar surface area (TPSA) is 148 Å². The third-order valence-corrected chi connectivity index (χ3v) is 5.36. The number of benzene rings is 1. The van der Waals surface area contributed by atoms with Crippen molar-refractivity contribution < 1.29 is 33.6 Å². The standard InChI is InChI=1S/C21H19ClN4O4.C3H6O3/c1-2-21(13-29-20(27)28-12-14-6-4-3-5-7-14)10-8-16(30-21)26-11-9-15-17(23)24-19(22)25-18(15)26;1-2-6-3(4)5/h1,3-7,9,11,16H,8,10,12-13H2,(H2,23,24,25);2H2,1H3,(H,4,5)/t16?,21-;/m0./s1. The molecule has 3 heterocycles. The van der Waals surface area contributed by atoms with Crippen molar-refractivity contribution in [3.05, 3.63) is 53.4 Å². The summed E-state index contributed by atoms with van der Waals surface area (Å²) < 4.78 is 22.2. The van der Waals surface area contributed by atoms with E-state index < -0.39 is 24.1 Å². The van der Waals surface area contributed by atoms with Crippen LogP contribution in [0.15, 0.2) is 42.6 Å². The molecule has 2 aromatic heterocycles. The Labute approximate surface area is 212 Å². The third kappa shape index (κ3) is 6.78. The van der Waals surface area contributed by atoms with E-state index in [1.54, 1.807) is 23.8 Å². The molecule has 0 spiro atoms.